The number of nitrogens with zero attached hydrogens (tertiary/aromatic N) is 2. The number of carboxylic acid groups (broad SMARTS) is 1. The van der Waals surface area contributed by atoms with Crippen LogP contribution in [0, 0.1) is 5.82 Å². The van der Waals surface area contributed by atoms with E-state index >= 15 is 0 Å². The highest BCUT2D eigenvalue weighted by Crippen LogP contribution is 2.36. The van der Waals surface area contributed by atoms with Gasteiger partial charge < -0.3 is 14.7 Å². The maximum absolute atomic E-state index is 13.5. The first-order valence-electron chi connectivity index (χ1n) is 8.89. The van der Waals surface area contributed by atoms with Crippen molar-refractivity contribution in [2.75, 3.05) is 12.4 Å². The Morgan fingerprint density at radius 3 is 2.84 bits per heavy atom. The Balaban J connectivity index is 1.62. The molecular formula is C17H18FN3O8PS+. The number of benzene rings is 1. The Morgan fingerprint density at radius 1 is 1.45 bits per heavy atom. The molecule has 0 saturated carbocycles. The average molecular weight is 474 g/mol. The quantitative estimate of drug-likeness (QED) is 0.408. The van der Waals surface area contributed by atoms with E-state index in [4.69, 9.17) is 14.1 Å². The molecule has 1 aromatic carbocycles. The molecule has 1 aliphatic heterocycles. The fourth-order valence-electron chi connectivity index (χ4n) is 2.47. The van der Waals surface area contributed by atoms with Gasteiger partial charge >= 0.3 is 19.8 Å². The summed E-state index contributed by atoms with van der Waals surface area (Å²) in [5.74, 6) is -1.89. The van der Waals surface area contributed by atoms with Crippen molar-refractivity contribution in [1.82, 2.24) is 14.4 Å². The molecule has 4 atom stereocenters. The second kappa shape index (κ2) is 10.2. The minimum absolute atomic E-state index is 0.224. The predicted octanol–water partition coefficient (Wildman–Crippen LogP) is 1.71. The molecule has 0 bridgehead atoms. The standard InChI is InChI=1S/C17H17FN3O8PS/c1-10(16(23)24)21(29-11-5-3-2-4-6-11)30(26)27-8-14-28-13(9-31-14)20-7-12(18)15(22)19-17(20)25/h2-7,10,13-14H,8-9H2,1H3,(H-,19,22,23,24,25)/p+1/t10?,13-,14+/m0/s1. The van der Waals surface area contributed by atoms with Gasteiger partial charge in [-0.25, -0.2) is 4.79 Å². The Morgan fingerprint density at radius 2 is 2.16 bits per heavy atom. The van der Waals surface area contributed by atoms with Crippen molar-refractivity contribution in [2.45, 2.75) is 24.6 Å². The summed E-state index contributed by atoms with van der Waals surface area (Å²) in [6.07, 6.45) is -0.120. The zero-order valence-corrected chi connectivity index (χ0v) is 17.8. The fourth-order valence-corrected chi connectivity index (χ4v) is 4.48. The third-order valence-electron chi connectivity index (χ3n) is 4.08. The summed E-state index contributed by atoms with van der Waals surface area (Å²) in [6, 6.07) is 6.91. The van der Waals surface area contributed by atoms with Crippen LogP contribution in [0.4, 0.5) is 4.39 Å². The van der Waals surface area contributed by atoms with E-state index < -0.39 is 48.9 Å². The topological polar surface area (TPSA) is 140 Å². The first-order chi connectivity index (χ1) is 14.8. The number of carboxylic acids is 1. The molecule has 11 nitrogen and oxygen atoms in total. The van der Waals surface area contributed by atoms with E-state index in [1.807, 2.05) is 4.98 Å². The van der Waals surface area contributed by atoms with Crippen LogP contribution in [-0.4, -0.2) is 49.3 Å². The maximum atomic E-state index is 13.5. The van der Waals surface area contributed by atoms with Crippen molar-refractivity contribution in [3.05, 3.63) is 63.2 Å². The molecule has 2 aromatic rings. The van der Waals surface area contributed by atoms with Gasteiger partial charge in [0.15, 0.2) is 11.8 Å². The van der Waals surface area contributed by atoms with Gasteiger partial charge in [0, 0.05) is 5.75 Å². The summed E-state index contributed by atoms with van der Waals surface area (Å²) >= 11 is 1.21. The third-order valence-corrected chi connectivity index (χ3v) is 6.30. The Bertz CT molecular complexity index is 1070. The van der Waals surface area contributed by atoms with Crippen LogP contribution < -0.4 is 16.1 Å². The monoisotopic (exact) mass is 474 g/mol. The zero-order valence-electron chi connectivity index (χ0n) is 16.0. The summed E-state index contributed by atoms with van der Waals surface area (Å²) in [7, 11) is -2.73. The minimum Gasteiger partial charge on any atom is -0.480 e. The number of para-hydroxylation sites is 1. The number of hydrogen-bond donors (Lipinski definition) is 2. The van der Waals surface area contributed by atoms with Gasteiger partial charge in [0.25, 0.3) is 5.56 Å². The molecule has 2 unspecified atom stereocenters. The minimum atomic E-state index is -2.73. The second-order valence-corrected chi connectivity index (χ2v) is 8.57. The molecule has 1 saturated heterocycles. The lowest BCUT2D eigenvalue weighted by Gasteiger charge is -2.15. The van der Waals surface area contributed by atoms with Crippen LogP contribution in [0.25, 0.3) is 0 Å². The van der Waals surface area contributed by atoms with Gasteiger partial charge in [0.05, 0.1) is 6.20 Å². The van der Waals surface area contributed by atoms with Crippen molar-refractivity contribution >= 4 is 25.9 Å². The first-order valence-corrected chi connectivity index (χ1v) is 11.1. The van der Waals surface area contributed by atoms with Crippen LogP contribution in [0.5, 0.6) is 5.75 Å². The van der Waals surface area contributed by atoms with Crippen molar-refractivity contribution in [3.8, 4) is 5.75 Å². The van der Waals surface area contributed by atoms with Crippen molar-refractivity contribution in [3.63, 3.8) is 0 Å². The van der Waals surface area contributed by atoms with Gasteiger partial charge in [-0.05, 0) is 23.6 Å². The number of thioether (sulfide) groups is 1. The van der Waals surface area contributed by atoms with E-state index in [1.54, 1.807) is 30.3 Å². The van der Waals surface area contributed by atoms with E-state index in [9.17, 15) is 28.4 Å². The lowest BCUT2D eigenvalue weighted by molar-refractivity contribution is -0.148. The second-order valence-electron chi connectivity index (χ2n) is 6.25. The highest BCUT2D eigenvalue weighted by atomic mass is 32.2. The number of ether oxygens (including phenoxy) is 1. The Hall–Kier alpha value is -2.57. The smallest absolute Gasteiger partial charge is 0.480 e. The summed E-state index contributed by atoms with van der Waals surface area (Å²) in [6.45, 7) is 1.06. The van der Waals surface area contributed by atoms with Crippen molar-refractivity contribution in [2.24, 2.45) is 0 Å². The van der Waals surface area contributed by atoms with E-state index in [0.717, 1.165) is 15.6 Å². The maximum Gasteiger partial charge on any atom is 0.653 e. The zero-order chi connectivity index (χ0) is 22.5. The lowest BCUT2D eigenvalue weighted by Crippen LogP contribution is -2.37. The van der Waals surface area contributed by atoms with Crippen LogP contribution in [0.3, 0.4) is 0 Å². The van der Waals surface area contributed by atoms with Crippen molar-refractivity contribution in [1.29, 1.82) is 0 Å². The van der Waals surface area contributed by atoms with Crippen LogP contribution in [0.2, 0.25) is 0 Å². The highest BCUT2D eigenvalue weighted by molar-refractivity contribution is 8.00. The number of carbonyl (C=O) groups is 1. The Kier molecular flexibility index (Phi) is 7.57. The Labute approximate surface area is 179 Å². The molecule has 1 aliphatic rings. The number of rotatable bonds is 9. The SMILES string of the molecule is CC(C(=O)O)N(Oc1ccccc1)[P+](=O)OC[C@@H]1O[C@H](n2cc(F)c(=O)[nH]c2=O)CS1. The molecule has 2 heterocycles. The van der Waals surface area contributed by atoms with Gasteiger partial charge in [-0.3, -0.25) is 19.1 Å². The molecule has 166 valence electrons. The molecule has 0 radical (unpaired) electrons. The molecule has 14 heteroatoms. The molecule has 0 aliphatic carbocycles. The van der Waals surface area contributed by atoms with Crippen LogP contribution >= 0.6 is 19.9 Å². The molecule has 2 N–H and O–H groups in total. The number of hydrogen-bond acceptors (Lipinski definition) is 8. The van der Waals surface area contributed by atoms with Gasteiger partial charge in [0.1, 0.15) is 23.1 Å². The number of nitrogens with one attached hydrogen (secondary N) is 1. The largest absolute Gasteiger partial charge is 0.653 e. The number of hydroxylamine groups is 1. The van der Waals surface area contributed by atoms with E-state index in [0.29, 0.717) is 0 Å². The summed E-state index contributed by atoms with van der Waals surface area (Å²) in [4.78, 5) is 42.3. The van der Waals surface area contributed by atoms with E-state index in [-0.39, 0.29) is 18.1 Å². The average Bonchev–Trinajstić information content (AvgIpc) is 3.21. The predicted molar refractivity (Wildman–Crippen MR) is 107 cm³/mol. The van der Waals surface area contributed by atoms with Crippen LogP contribution in [0.15, 0.2) is 46.1 Å². The van der Waals surface area contributed by atoms with Gasteiger partial charge in [-0.1, -0.05) is 18.2 Å². The normalized spacial score (nSPS) is 19.9. The molecule has 1 aromatic heterocycles. The lowest BCUT2D eigenvalue weighted by atomic mass is 10.3. The van der Waals surface area contributed by atoms with Crippen molar-refractivity contribution < 1.29 is 33.0 Å². The van der Waals surface area contributed by atoms with E-state index in [2.05, 4.69) is 0 Å². The molecule has 1 fully saturated rings. The number of halogens is 1. The van der Waals surface area contributed by atoms with Crippen LogP contribution in [0.1, 0.15) is 13.2 Å². The summed E-state index contributed by atoms with van der Waals surface area (Å²) in [5, 5.41) is 9.27. The number of H-pyrrole nitrogens is 1. The van der Waals surface area contributed by atoms with Crippen LogP contribution in [-0.2, 0) is 18.6 Å². The number of aromatic nitrogens is 2. The van der Waals surface area contributed by atoms with Gasteiger partial charge in [-0.15, -0.1) is 16.3 Å². The van der Waals surface area contributed by atoms with Gasteiger partial charge in [-0.2, -0.15) is 4.39 Å². The van der Waals surface area contributed by atoms with E-state index in [1.165, 1.54) is 18.7 Å². The number of aliphatic carboxylic acids is 1. The molecule has 0 spiro atoms. The number of aromatic amines is 1. The molecule has 3 rings (SSSR count). The third kappa shape index (κ3) is 5.77. The highest BCUT2D eigenvalue weighted by Gasteiger charge is 2.43. The summed E-state index contributed by atoms with van der Waals surface area (Å²) in [5.41, 5.74) is -2.64. The van der Waals surface area contributed by atoms with Gasteiger partial charge in [0.2, 0.25) is 5.82 Å². The first kappa shape index (κ1) is 23.1. The summed E-state index contributed by atoms with van der Waals surface area (Å²) < 4.78 is 37.8. The molecule has 0 amide bonds. The molecule has 31 heavy (non-hydrogen) atoms. The fraction of sp³-hybridized carbons (Fsp3) is 0.353. The molecular weight excluding hydrogens is 456 g/mol.